The molecular formula is C17H23IN4OS. The molecule has 0 aliphatic carbocycles. The van der Waals surface area contributed by atoms with E-state index in [1.54, 1.807) is 18.4 Å². The minimum absolute atomic E-state index is 0. The highest BCUT2D eigenvalue weighted by molar-refractivity contribution is 14.0. The van der Waals surface area contributed by atoms with Crippen LogP contribution in [-0.4, -0.2) is 31.1 Å². The second kappa shape index (κ2) is 9.22. The Morgan fingerprint density at radius 3 is 3.00 bits per heavy atom. The lowest BCUT2D eigenvalue weighted by Gasteiger charge is -2.11. The van der Waals surface area contributed by atoms with Crippen molar-refractivity contribution in [2.24, 2.45) is 4.99 Å². The van der Waals surface area contributed by atoms with Crippen molar-refractivity contribution in [1.29, 1.82) is 0 Å². The molecule has 1 aromatic heterocycles. The van der Waals surface area contributed by atoms with Crippen LogP contribution in [0.1, 0.15) is 21.7 Å². The van der Waals surface area contributed by atoms with E-state index < -0.39 is 0 Å². The fourth-order valence-electron chi connectivity index (χ4n) is 2.60. The molecule has 0 unspecified atom stereocenters. The van der Waals surface area contributed by atoms with Crippen molar-refractivity contribution in [1.82, 2.24) is 15.6 Å². The van der Waals surface area contributed by atoms with E-state index in [9.17, 15) is 0 Å². The quantitative estimate of drug-likeness (QED) is 0.411. The number of aryl methyl sites for hydroxylation is 1. The number of aromatic nitrogens is 1. The maximum atomic E-state index is 5.54. The van der Waals surface area contributed by atoms with Crippen LogP contribution in [0.4, 0.5) is 0 Å². The van der Waals surface area contributed by atoms with Crippen LogP contribution in [0.5, 0.6) is 5.75 Å². The number of halogens is 1. The molecule has 1 aromatic carbocycles. The third kappa shape index (κ3) is 4.83. The zero-order chi connectivity index (χ0) is 16.1. The van der Waals surface area contributed by atoms with Gasteiger partial charge in [-0.25, -0.2) is 4.98 Å². The molecule has 0 amide bonds. The van der Waals surface area contributed by atoms with Gasteiger partial charge in [0, 0.05) is 24.9 Å². The van der Waals surface area contributed by atoms with Gasteiger partial charge < -0.3 is 15.4 Å². The first-order valence-electron chi connectivity index (χ1n) is 7.84. The Morgan fingerprint density at radius 1 is 1.38 bits per heavy atom. The molecule has 5 nitrogen and oxygen atoms in total. The van der Waals surface area contributed by atoms with Crippen molar-refractivity contribution in [3.05, 3.63) is 45.4 Å². The number of nitrogens with one attached hydrogen (secondary N) is 2. The van der Waals surface area contributed by atoms with Crippen molar-refractivity contribution >= 4 is 41.3 Å². The van der Waals surface area contributed by atoms with Gasteiger partial charge in [0.05, 0.1) is 24.4 Å². The predicted octanol–water partition coefficient (Wildman–Crippen LogP) is 2.91. The van der Waals surface area contributed by atoms with E-state index in [4.69, 9.17) is 4.74 Å². The maximum absolute atomic E-state index is 5.54. The highest BCUT2D eigenvalue weighted by Crippen LogP contribution is 2.25. The van der Waals surface area contributed by atoms with E-state index in [2.05, 4.69) is 38.8 Å². The lowest BCUT2D eigenvalue weighted by molar-refractivity contribution is 0.357. The molecule has 1 aliphatic heterocycles. The van der Waals surface area contributed by atoms with Crippen molar-refractivity contribution in [3.8, 4) is 5.75 Å². The van der Waals surface area contributed by atoms with Gasteiger partial charge in [0.2, 0.25) is 0 Å². The standard InChI is InChI=1S/C17H22N4OS.HI/c1-12-16(23-11-21-12)10-20-17(18-2)19-7-5-13-3-4-15-14(9-13)6-8-22-15;/h3-4,9,11H,5-8,10H2,1-2H3,(H2,18,19,20);1H. The summed E-state index contributed by atoms with van der Waals surface area (Å²) in [5, 5.41) is 6.69. The highest BCUT2D eigenvalue weighted by atomic mass is 127. The summed E-state index contributed by atoms with van der Waals surface area (Å²) in [6, 6.07) is 6.47. The third-order valence-corrected chi connectivity index (χ3v) is 4.88. The summed E-state index contributed by atoms with van der Waals surface area (Å²) in [6.45, 7) is 4.44. The molecule has 2 aromatic rings. The molecule has 0 fully saturated rings. The summed E-state index contributed by atoms with van der Waals surface area (Å²) in [5.74, 6) is 1.86. The summed E-state index contributed by atoms with van der Waals surface area (Å²) in [5.41, 5.74) is 5.61. The fourth-order valence-corrected chi connectivity index (χ4v) is 3.32. The maximum Gasteiger partial charge on any atom is 0.191 e. The normalized spacial score (nSPS) is 13.0. The van der Waals surface area contributed by atoms with Crippen LogP contribution < -0.4 is 15.4 Å². The molecule has 130 valence electrons. The van der Waals surface area contributed by atoms with E-state index in [0.717, 1.165) is 49.9 Å². The van der Waals surface area contributed by atoms with Gasteiger partial charge in [-0.15, -0.1) is 35.3 Å². The topological polar surface area (TPSA) is 58.5 Å². The number of rotatable bonds is 5. The van der Waals surface area contributed by atoms with Gasteiger partial charge in [-0.1, -0.05) is 12.1 Å². The average Bonchev–Trinajstić information content (AvgIpc) is 3.19. The second-order valence-electron chi connectivity index (χ2n) is 5.50. The van der Waals surface area contributed by atoms with Crippen LogP contribution in [-0.2, 0) is 19.4 Å². The lowest BCUT2D eigenvalue weighted by atomic mass is 10.1. The number of fused-ring (bicyclic) bond motifs is 1. The molecule has 3 rings (SSSR count). The number of nitrogens with zero attached hydrogens (tertiary/aromatic N) is 2. The number of thiazole rings is 1. The molecule has 2 N–H and O–H groups in total. The first kappa shape index (κ1) is 19.0. The monoisotopic (exact) mass is 458 g/mol. The van der Waals surface area contributed by atoms with Gasteiger partial charge >= 0.3 is 0 Å². The number of guanidine groups is 1. The van der Waals surface area contributed by atoms with E-state index >= 15 is 0 Å². The van der Waals surface area contributed by atoms with Crippen molar-refractivity contribution in [2.75, 3.05) is 20.2 Å². The molecule has 2 heterocycles. The van der Waals surface area contributed by atoms with E-state index in [1.807, 2.05) is 12.4 Å². The first-order chi connectivity index (χ1) is 11.3. The van der Waals surface area contributed by atoms with Crippen LogP contribution in [0, 0.1) is 6.92 Å². The van der Waals surface area contributed by atoms with E-state index in [-0.39, 0.29) is 24.0 Å². The van der Waals surface area contributed by atoms with Crippen LogP contribution in [0.15, 0.2) is 28.7 Å². The Bertz CT molecular complexity index is 702. The fraction of sp³-hybridized carbons (Fsp3) is 0.412. The van der Waals surface area contributed by atoms with Gasteiger partial charge in [-0.2, -0.15) is 0 Å². The summed E-state index contributed by atoms with van der Waals surface area (Å²) >= 11 is 1.67. The zero-order valence-electron chi connectivity index (χ0n) is 14.0. The number of benzene rings is 1. The molecule has 0 saturated heterocycles. The Kier molecular flexibility index (Phi) is 7.29. The van der Waals surface area contributed by atoms with Gasteiger partial charge in [0.25, 0.3) is 0 Å². The number of hydrogen-bond donors (Lipinski definition) is 2. The Labute approximate surface area is 164 Å². The first-order valence-corrected chi connectivity index (χ1v) is 8.72. The van der Waals surface area contributed by atoms with Crippen LogP contribution in [0.2, 0.25) is 0 Å². The van der Waals surface area contributed by atoms with E-state index in [0.29, 0.717) is 0 Å². The largest absolute Gasteiger partial charge is 0.493 e. The molecule has 0 spiro atoms. The Balaban J connectivity index is 0.00000208. The number of aliphatic imine (C=N–C) groups is 1. The Morgan fingerprint density at radius 2 is 2.25 bits per heavy atom. The smallest absolute Gasteiger partial charge is 0.191 e. The number of hydrogen-bond acceptors (Lipinski definition) is 4. The highest BCUT2D eigenvalue weighted by Gasteiger charge is 2.11. The molecule has 7 heteroatoms. The second-order valence-corrected chi connectivity index (χ2v) is 6.44. The third-order valence-electron chi connectivity index (χ3n) is 3.94. The van der Waals surface area contributed by atoms with Crippen LogP contribution >= 0.6 is 35.3 Å². The molecule has 24 heavy (non-hydrogen) atoms. The average molecular weight is 458 g/mol. The molecule has 1 aliphatic rings. The predicted molar refractivity (Wildman–Crippen MR) is 110 cm³/mol. The van der Waals surface area contributed by atoms with Crippen LogP contribution in [0.25, 0.3) is 0 Å². The molecule has 0 bridgehead atoms. The van der Waals surface area contributed by atoms with Gasteiger partial charge in [0.15, 0.2) is 5.96 Å². The number of ether oxygens (including phenoxy) is 1. The summed E-state index contributed by atoms with van der Waals surface area (Å²) in [7, 11) is 1.79. The summed E-state index contributed by atoms with van der Waals surface area (Å²) in [6.07, 6.45) is 1.99. The molecule has 0 radical (unpaired) electrons. The molecule has 0 atom stereocenters. The van der Waals surface area contributed by atoms with Crippen molar-refractivity contribution < 1.29 is 4.74 Å². The zero-order valence-corrected chi connectivity index (χ0v) is 17.1. The summed E-state index contributed by atoms with van der Waals surface area (Å²) < 4.78 is 5.54. The molecular weight excluding hydrogens is 435 g/mol. The van der Waals surface area contributed by atoms with Crippen LogP contribution in [0.3, 0.4) is 0 Å². The summed E-state index contributed by atoms with van der Waals surface area (Å²) in [4.78, 5) is 9.77. The van der Waals surface area contributed by atoms with Crippen molar-refractivity contribution in [2.45, 2.75) is 26.3 Å². The Hall–Kier alpha value is -1.35. The minimum atomic E-state index is 0. The van der Waals surface area contributed by atoms with Gasteiger partial charge in [0.1, 0.15) is 5.75 Å². The van der Waals surface area contributed by atoms with Crippen molar-refractivity contribution in [3.63, 3.8) is 0 Å². The minimum Gasteiger partial charge on any atom is -0.493 e. The lowest BCUT2D eigenvalue weighted by Crippen LogP contribution is -2.37. The SMILES string of the molecule is CN=C(NCCc1ccc2c(c1)CCO2)NCc1scnc1C.I. The van der Waals surface area contributed by atoms with Gasteiger partial charge in [-0.05, 0) is 30.5 Å². The van der Waals surface area contributed by atoms with E-state index in [1.165, 1.54) is 16.0 Å². The van der Waals surface area contributed by atoms with Gasteiger partial charge in [-0.3, -0.25) is 4.99 Å². The molecule has 0 saturated carbocycles.